The standard InChI is InChI=1S/C18H21NO/c1-13-4-3-5-14(10-13)12-19-18-9-7-15-6-8-16(20-2)11-17(15)18/h3-6,8,10-11,18-19H,7,9,12H2,1-2H3. The molecule has 0 amide bonds. The molecule has 0 radical (unpaired) electrons. The average molecular weight is 267 g/mol. The lowest BCUT2D eigenvalue weighted by atomic mass is 10.1. The molecular formula is C18H21NO. The van der Waals surface area contributed by atoms with Crippen molar-refractivity contribution in [2.24, 2.45) is 0 Å². The summed E-state index contributed by atoms with van der Waals surface area (Å²) in [6.45, 7) is 3.06. The summed E-state index contributed by atoms with van der Waals surface area (Å²) >= 11 is 0. The summed E-state index contributed by atoms with van der Waals surface area (Å²) in [6.07, 6.45) is 2.33. The summed E-state index contributed by atoms with van der Waals surface area (Å²) in [5.74, 6) is 0.952. The summed E-state index contributed by atoms with van der Waals surface area (Å²) in [5, 5.41) is 3.68. The topological polar surface area (TPSA) is 21.3 Å². The van der Waals surface area contributed by atoms with E-state index in [-0.39, 0.29) is 0 Å². The molecule has 0 saturated carbocycles. The largest absolute Gasteiger partial charge is 0.497 e. The Morgan fingerprint density at radius 2 is 2.10 bits per heavy atom. The van der Waals surface area contributed by atoms with E-state index >= 15 is 0 Å². The molecule has 3 rings (SSSR count). The molecule has 1 unspecified atom stereocenters. The van der Waals surface area contributed by atoms with Crippen LogP contribution in [-0.2, 0) is 13.0 Å². The minimum Gasteiger partial charge on any atom is -0.497 e. The lowest BCUT2D eigenvalue weighted by Gasteiger charge is -2.15. The van der Waals surface area contributed by atoms with Crippen LogP contribution in [0.3, 0.4) is 0 Å². The molecule has 0 spiro atoms. The highest BCUT2D eigenvalue weighted by Gasteiger charge is 2.22. The third kappa shape index (κ3) is 2.70. The van der Waals surface area contributed by atoms with Gasteiger partial charge in [0, 0.05) is 12.6 Å². The third-order valence-electron chi connectivity index (χ3n) is 4.07. The number of hydrogen-bond donors (Lipinski definition) is 1. The summed E-state index contributed by atoms with van der Waals surface area (Å²) in [6, 6.07) is 15.6. The second kappa shape index (κ2) is 5.68. The third-order valence-corrected chi connectivity index (χ3v) is 4.07. The smallest absolute Gasteiger partial charge is 0.119 e. The van der Waals surface area contributed by atoms with Gasteiger partial charge in [-0.1, -0.05) is 35.9 Å². The van der Waals surface area contributed by atoms with Crippen LogP contribution < -0.4 is 10.1 Å². The van der Waals surface area contributed by atoms with Crippen molar-refractivity contribution < 1.29 is 4.74 Å². The van der Waals surface area contributed by atoms with E-state index in [1.54, 1.807) is 7.11 Å². The van der Waals surface area contributed by atoms with Crippen molar-refractivity contribution in [3.05, 3.63) is 64.7 Å². The number of rotatable bonds is 4. The van der Waals surface area contributed by atoms with Crippen molar-refractivity contribution in [2.45, 2.75) is 32.4 Å². The number of aryl methyl sites for hydroxylation is 2. The number of methoxy groups -OCH3 is 1. The Bertz CT molecular complexity index is 606. The van der Waals surface area contributed by atoms with Crippen molar-refractivity contribution in [3.63, 3.8) is 0 Å². The fraction of sp³-hybridized carbons (Fsp3) is 0.333. The maximum Gasteiger partial charge on any atom is 0.119 e. The first-order chi connectivity index (χ1) is 9.76. The van der Waals surface area contributed by atoms with Gasteiger partial charge in [-0.05, 0) is 48.6 Å². The van der Waals surface area contributed by atoms with E-state index in [9.17, 15) is 0 Å². The molecule has 0 fully saturated rings. The maximum absolute atomic E-state index is 5.34. The van der Waals surface area contributed by atoms with E-state index < -0.39 is 0 Å². The first kappa shape index (κ1) is 13.2. The quantitative estimate of drug-likeness (QED) is 0.910. The molecule has 0 saturated heterocycles. The minimum atomic E-state index is 0.445. The molecular weight excluding hydrogens is 246 g/mol. The van der Waals surface area contributed by atoms with Crippen LogP contribution in [0.15, 0.2) is 42.5 Å². The molecule has 1 aliphatic rings. The van der Waals surface area contributed by atoms with Gasteiger partial charge in [-0.15, -0.1) is 0 Å². The monoisotopic (exact) mass is 267 g/mol. The first-order valence-corrected chi connectivity index (χ1v) is 7.22. The molecule has 1 aliphatic carbocycles. The van der Waals surface area contributed by atoms with Gasteiger partial charge in [0.15, 0.2) is 0 Å². The predicted molar refractivity (Wildman–Crippen MR) is 82.1 cm³/mol. The average Bonchev–Trinajstić information content (AvgIpc) is 2.87. The van der Waals surface area contributed by atoms with Crippen LogP contribution in [0, 0.1) is 6.92 Å². The maximum atomic E-state index is 5.34. The lowest BCUT2D eigenvalue weighted by molar-refractivity contribution is 0.413. The van der Waals surface area contributed by atoms with Crippen LogP contribution in [0.5, 0.6) is 5.75 Å². The molecule has 2 aromatic rings. The molecule has 0 aromatic heterocycles. The SMILES string of the molecule is COc1ccc2c(c1)C(NCc1cccc(C)c1)CC2. The van der Waals surface area contributed by atoms with Crippen molar-refractivity contribution in [1.82, 2.24) is 5.32 Å². The summed E-state index contributed by atoms with van der Waals surface area (Å²) < 4.78 is 5.34. The Morgan fingerprint density at radius 3 is 2.90 bits per heavy atom. The normalized spacial score (nSPS) is 17.0. The van der Waals surface area contributed by atoms with Crippen LogP contribution in [0.1, 0.15) is 34.7 Å². The van der Waals surface area contributed by atoms with Crippen molar-refractivity contribution in [2.75, 3.05) is 7.11 Å². The van der Waals surface area contributed by atoms with Gasteiger partial charge in [0.1, 0.15) is 5.75 Å². The van der Waals surface area contributed by atoms with Crippen LogP contribution in [-0.4, -0.2) is 7.11 Å². The van der Waals surface area contributed by atoms with Gasteiger partial charge >= 0.3 is 0 Å². The molecule has 0 aliphatic heterocycles. The van der Waals surface area contributed by atoms with Crippen molar-refractivity contribution >= 4 is 0 Å². The fourth-order valence-electron chi connectivity index (χ4n) is 2.98. The van der Waals surface area contributed by atoms with Gasteiger partial charge in [-0.25, -0.2) is 0 Å². The summed E-state index contributed by atoms with van der Waals surface area (Å²) in [4.78, 5) is 0. The van der Waals surface area contributed by atoms with Gasteiger partial charge in [0.2, 0.25) is 0 Å². The van der Waals surface area contributed by atoms with E-state index in [0.29, 0.717) is 6.04 Å². The Morgan fingerprint density at radius 1 is 1.20 bits per heavy atom. The second-order valence-corrected chi connectivity index (χ2v) is 5.53. The number of ether oxygens (including phenoxy) is 1. The molecule has 104 valence electrons. The van der Waals surface area contributed by atoms with E-state index in [0.717, 1.165) is 18.7 Å². The highest BCUT2D eigenvalue weighted by atomic mass is 16.5. The van der Waals surface area contributed by atoms with Gasteiger partial charge in [-0.3, -0.25) is 0 Å². The number of hydrogen-bond acceptors (Lipinski definition) is 2. The molecule has 2 aromatic carbocycles. The number of nitrogens with one attached hydrogen (secondary N) is 1. The summed E-state index contributed by atoms with van der Waals surface area (Å²) in [5.41, 5.74) is 5.52. The van der Waals surface area contributed by atoms with E-state index in [1.165, 1.54) is 28.7 Å². The lowest BCUT2D eigenvalue weighted by Crippen LogP contribution is -2.18. The van der Waals surface area contributed by atoms with Crippen LogP contribution >= 0.6 is 0 Å². The van der Waals surface area contributed by atoms with Crippen LogP contribution in [0.2, 0.25) is 0 Å². The first-order valence-electron chi connectivity index (χ1n) is 7.22. The zero-order valence-corrected chi connectivity index (χ0v) is 12.1. The van der Waals surface area contributed by atoms with Crippen molar-refractivity contribution in [3.8, 4) is 5.75 Å². The zero-order valence-electron chi connectivity index (χ0n) is 12.1. The fourth-order valence-corrected chi connectivity index (χ4v) is 2.98. The van der Waals surface area contributed by atoms with Gasteiger partial charge < -0.3 is 10.1 Å². The number of benzene rings is 2. The molecule has 2 heteroatoms. The van der Waals surface area contributed by atoms with E-state index in [2.05, 4.69) is 54.7 Å². The van der Waals surface area contributed by atoms with E-state index in [4.69, 9.17) is 4.74 Å². The molecule has 20 heavy (non-hydrogen) atoms. The molecule has 2 nitrogen and oxygen atoms in total. The van der Waals surface area contributed by atoms with Crippen LogP contribution in [0.4, 0.5) is 0 Å². The Kier molecular flexibility index (Phi) is 3.75. The zero-order chi connectivity index (χ0) is 13.9. The summed E-state index contributed by atoms with van der Waals surface area (Å²) in [7, 11) is 1.73. The van der Waals surface area contributed by atoms with Crippen molar-refractivity contribution in [1.29, 1.82) is 0 Å². The van der Waals surface area contributed by atoms with Gasteiger partial charge in [0.25, 0.3) is 0 Å². The highest BCUT2D eigenvalue weighted by molar-refractivity contribution is 5.40. The minimum absolute atomic E-state index is 0.445. The second-order valence-electron chi connectivity index (χ2n) is 5.53. The molecule has 0 bridgehead atoms. The molecule has 1 atom stereocenters. The number of fused-ring (bicyclic) bond motifs is 1. The predicted octanol–water partition coefficient (Wildman–Crippen LogP) is 3.78. The molecule has 0 heterocycles. The van der Waals surface area contributed by atoms with Gasteiger partial charge in [0.05, 0.1) is 7.11 Å². The Balaban J connectivity index is 1.72. The highest BCUT2D eigenvalue weighted by Crippen LogP contribution is 2.33. The van der Waals surface area contributed by atoms with Gasteiger partial charge in [-0.2, -0.15) is 0 Å². The Hall–Kier alpha value is -1.80. The molecule has 1 N–H and O–H groups in total. The van der Waals surface area contributed by atoms with Crippen LogP contribution in [0.25, 0.3) is 0 Å². The Labute approximate surface area is 120 Å². The van der Waals surface area contributed by atoms with E-state index in [1.807, 2.05) is 0 Å².